The molecule has 0 saturated carbocycles. The van der Waals surface area contributed by atoms with Crippen molar-refractivity contribution >= 4 is 0 Å². The van der Waals surface area contributed by atoms with Crippen molar-refractivity contribution in [2.24, 2.45) is 0 Å². The van der Waals surface area contributed by atoms with Crippen LogP contribution < -0.4 is 5.32 Å². The lowest BCUT2D eigenvalue weighted by Gasteiger charge is -2.33. The predicted molar refractivity (Wildman–Crippen MR) is 79.2 cm³/mol. The maximum atomic E-state index is 3.40. The molecule has 2 rings (SSSR count). The van der Waals surface area contributed by atoms with Gasteiger partial charge >= 0.3 is 0 Å². The second-order valence-corrected chi connectivity index (χ2v) is 5.09. The van der Waals surface area contributed by atoms with Crippen LogP contribution in [-0.4, -0.2) is 87.2 Å². The zero-order valence-corrected chi connectivity index (χ0v) is 12.6. The second kappa shape index (κ2) is 9.73. The third kappa shape index (κ3) is 6.14. The topological polar surface area (TPSA) is 21.8 Å². The number of nitrogens with one attached hydrogen (secondary N) is 1. The molecule has 1 N–H and O–H groups in total. The summed E-state index contributed by atoms with van der Waals surface area (Å²) in [6.07, 6.45) is 1.34. The number of likely N-dealkylation sites (N-methyl/N-ethyl adjacent to an activating group) is 1. The van der Waals surface area contributed by atoms with Crippen molar-refractivity contribution in [1.29, 1.82) is 0 Å². The van der Waals surface area contributed by atoms with E-state index in [2.05, 4.69) is 27.1 Å². The van der Waals surface area contributed by atoms with E-state index in [1.165, 1.54) is 71.9 Å². The highest BCUT2D eigenvalue weighted by molar-refractivity contribution is 4.71. The van der Waals surface area contributed by atoms with Gasteiger partial charge in [0.15, 0.2) is 0 Å². The van der Waals surface area contributed by atoms with Crippen LogP contribution >= 0.6 is 0 Å². The Kier molecular flexibility index (Phi) is 8.59. The molecule has 4 nitrogen and oxygen atoms in total. The van der Waals surface area contributed by atoms with Crippen LogP contribution in [-0.2, 0) is 0 Å². The van der Waals surface area contributed by atoms with Gasteiger partial charge in [0.2, 0.25) is 0 Å². The van der Waals surface area contributed by atoms with Crippen molar-refractivity contribution in [3.8, 4) is 0 Å². The van der Waals surface area contributed by atoms with Gasteiger partial charge in [0, 0.05) is 52.4 Å². The summed E-state index contributed by atoms with van der Waals surface area (Å²) in [6, 6.07) is 0. The quantitative estimate of drug-likeness (QED) is 0.793. The monoisotopic (exact) mass is 256 g/mol. The summed E-state index contributed by atoms with van der Waals surface area (Å²) in [6.45, 7) is 16.4. The van der Waals surface area contributed by atoms with Gasteiger partial charge in [0.05, 0.1) is 0 Å². The first kappa shape index (κ1) is 15.9. The fraction of sp³-hybridized carbons (Fsp3) is 1.00. The van der Waals surface area contributed by atoms with Crippen LogP contribution in [0.25, 0.3) is 0 Å². The van der Waals surface area contributed by atoms with Crippen LogP contribution in [0.15, 0.2) is 0 Å². The molecule has 0 amide bonds. The van der Waals surface area contributed by atoms with Crippen molar-refractivity contribution in [2.75, 3.05) is 72.5 Å². The number of nitrogens with zero attached hydrogens (tertiary/aromatic N) is 3. The van der Waals surface area contributed by atoms with Crippen molar-refractivity contribution < 1.29 is 0 Å². The van der Waals surface area contributed by atoms with E-state index >= 15 is 0 Å². The molecular formula is C14H32N4. The largest absolute Gasteiger partial charge is 0.314 e. The van der Waals surface area contributed by atoms with E-state index in [9.17, 15) is 0 Å². The fourth-order valence-corrected chi connectivity index (χ4v) is 2.52. The highest BCUT2D eigenvalue weighted by Gasteiger charge is 2.14. The SMILES string of the molecule is CC.CN1CCN(CCCN2CCNCC2)CC1. The summed E-state index contributed by atoms with van der Waals surface area (Å²) in [7, 11) is 2.22. The normalized spacial score (nSPS) is 23.5. The average molecular weight is 256 g/mol. The molecule has 0 aromatic heterocycles. The smallest absolute Gasteiger partial charge is 0.0110 e. The number of hydrogen-bond donors (Lipinski definition) is 1. The molecule has 0 bridgehead atoms. The van der Waals surface area contributed by atoms with Gasteiger partial charge in [-0.05, 0) is 26.6 Å². The molecule has 2 heterocycles. The first-order valence-corrected chi connectivity index (χ1v) is 7.68. The minimum atomic E-state index is 1.18. The Morgan fingerprint density at radius 3 is 1.83 bits per heavy atom. The number of rotatable bonds is 4. The maximum absolute atomic E-state index is 3.40. The van der Waals surface area contributed by atoms with E-state index in [1.807, 2.05) is 13.8 Å². The summed E-state index contributed by atoms with van der Waals surface area (Å²) in [5.74, 6) is 0. The number of hydrogen-bond acceptors (Lipinski definition) is 4. The van der Waals surface area contributed by atoms with Crippen molar-refractivity contribution in [3.63, 3.8) is 0 Å². The Labute approximate surface area is 113 Å². The van der Waals surface area contributed by atoms with E-state index in [4.69, 9.17) is 0 Å². The third-order valence-corrected chi connectivity index (χ3v) is 3.75. The predicted octanol–water partition coefficient (Wildman–Crippen LogP) is 0.555. The molecule has 2 fully saturated rings. The standard InChI is InChI=1S/C12H26N4.C2H6/c1-14-9-11-16(12-10-14)6-2-5-15-7-3-13-4-8-15;1-2/h13H,2-12H2,1H3;1-2H3. The molecule has 0 spiro atoms. The van der Waals surface area contributed by atoms with Crippen LogP contribution in [0, 0.1) is 0 Å². The van der Waals surface area contributed by atoms with Gasteiger partial charge in [0.1, 0.15) is 0 Å². The van der Waals surface area contributed by atoms with Crippen LogP contribution in [0.1, 0.15) is 20.3 Å². The van der Waals surface area contributed by atoms with Crippen LogP contribution in [0.2, 0.25) is 0 Å². The summed E-state index contributed by atoms with van der Waals surface area (Å²) < 4.78 is 0. The Balaban J connectivity index is 0.000000771. The molecule has 0 unspecified atom stereocenters. The molecule has 2 aliphatic rings. The molecule has 4 heteroatoms. The Hall–Kier alpha value is -0.160. The third-order valence-electron chi connectivity index (χ3n) is 3.75. The lowest BCUT2D eigenvalue weighted by Crippen LogP contribution is -2.46. The highest BCUT2D eigenvalue weighted by atomic mass is 15.2. The summed E-state index contributed by atoms with van der Waals surface area (Å²) in [5, 5.41) is 3.40. The molecule has 18 heavy (non-hydrogen) atoms. The Bertz CT molecular complexity index is 184. The molecule has 108 valence electrons. The molecule has 0 aliphatic carbocycles. The average Bonchev–Trinajstić information content (AvgIpc) is 2.44. The van der Waals surface area contributed by atoms with Gasteiger partial charge in [0.25, 0.3) is 0 Å². The van der Waals surface area contributed by atoms with Crippen molar-refractivity contribution in [2.45, 2.75) is 20.3 Å². The highest BCUT2D eigenvalue weighted by Crippen LogP contribution is 2.01. The molecule has 2 saturated heterocycles. The lowest BCUT2D eigenvalue weighted by atomic mass is 10.2. The second-order valence-electron chi connectivity index (χ2n) is 5.09. The zero-order chi connectivity index (χ0) is 13.2. The minimum Gasteiger partial charge on any atom is -0.314 e. The molecule has 0 radical (unpaired) electrons. The fourth-order valence-electron chi connectivity index (χ4n) is 2.52. The van der Waals surface area contributed by atoms with Gasteiger partial charge in [-0.15, -0.1) is 0 Å². The van der Waals surface area contributed by atoms with Crippen molar-refractivity contribution in [1.82, 2.24) is 20.0 Å². The van der Waals surface area contributed by atoms with E-state index in [-0.39, 0.29) is 0 Å². The molecular weight excluding hydrogens is 224 g/mol. The number of piperazine rings is 2. The van der Waals surface area contributed by atoms with E-state index < -0.39 is 0 Å². The van der Waals surface area contributed by atoms with Gasteiger partial charge in [-0.3, -0.25) is 0 Å². The van der Waals surface area contributed by atoms with Gasteiger partial charge in [-0.25, -0.2) is 0 Å². The maximum Gasteiger partial charge on any atom is 0.0110 e. The van der Waals surface area contributed by atoms with E-state index in [1.54, 1.807) is 0 Å². The van der Waals surface area contributed by atoms with Gasteiger partial charge in [-0.2, -0.15) is 0 Å². The van der Waals surface area contributed by atoms with Crippen LogP contribution in [0.3, 0.4) is 0 Å². The Morgan fingerprint density at radius 2 is 1.28 bits per heavy atom. The molecule has 0 aromatic carbocycles. The first-order valence-electron chi connectivity index (χ1n) is 7.68. The van der Waals surface area contributed by atoms with Crippen LogP contribution in [0.5, 0.6) is 0 Å². The van der Waals surface area contributed by atoms with E-state index in [0.29, 0.717) is 0 Å². The zero-order valence-electron chi connectivity index (χ0n) is 12.6. The molecule has 0 atom stereocenters. The van der Waals surface area contributed by atoms with Crippen LogP contribution in [0.4, 0.5) is 0 Å². The molecule has 0 aromatic rings. The van der Waals surface area contributed by atoms with Gasteiger partial charge in [-0.1, -0.05) is 13.8 Å². The summed E-state index contributed by atoms with van der Waals surface area (Å²) in [5.41, 5.74) is 0. The first-order chi connectivity index (χ1) is 8.84. The lowest BCUT2D eigenvalue weighted by molar-refractivity contribution is 0.144. The van der Waals surface area contributed by atoms with Crippen molar-refractivity contribution in [3.05, 3.63) is 0 Å². The van der Waals surface area contributed by atoms with Gasteiger partial charge < -0.3 is 20.0 Å². The summed E-state index contributed by atoms with van der Waals surface area (Å²) in [4.78, 5) is 7.63. The molecule has 2 aliphatic heterocycles. The summed E-state index contributed by atoms with van der Waals surface area (Å²) >= 11 is 0. The Morgan fingerprint density at radius 1 is 0.778 bits per heavy atom. The minimum absolute atomic E-state index is 1.18. The van der Waals surface area contributed by atoms with E-state index in [0.717, 1.165) is 0 Å².